The van der Waals surface area contributed by atoms with E-state index < -0.39 is 0 Å². The maximum Gasteiger partial charge on any atom is 0.123 e. The lowest BCUT2D eigenvalue weighted by atomic mass is 10.1. The van der Waals surface area contributed by atoms with E-state index in [-0.39, 0.29) is 0 Å². The predicted molar refractivity (Wildman–Crippen MR) is 80.2 cm³/mol. The molecule has 0 fully saturated rings. The van der Waals surface area contributed by atoms with Crippen LogP contribution in [0.1, 0.15) is 18.1 Å². The van der Waals surface area contributed by atoms with Gasteiger partial charge in [0.2, 0.25) is 0 Å². The third-order valence-electron chi connectivity index (χ3n) is 3.16. The van der Waals surface area contributed by atoms with Gasteiger partial charge < -0.3 is 10.5 Å². The number of hydrogen-bond donors (Lipinski definition) is 1. The van der Waals surface area contributed by atoms with Crippen molar-refractivity contribution in [3.8, 4) is 5.75 Å². The first-order valence-electron chi connectivity index (χ1n) is 6.17. The minimum atomic E-state index is 0.547. The van der Waals surface area contributed by atoms with Crippen molar-refractivity contribution in [2.75, 3.05) is 26.2 Å². The topological polar surface area (TPSA) is 38.5 Å². The normalized spacial score (nSPS) is 12.8. The molecular formula is C14H24N2OS. The standard InChI is InChI=1S/C14H24N2OS/c1-11(10-18-4)16(2)9-13-7-12(8-15)5-6-14(13)17-3/h5-7,11H,8-10,15H2,1-4H3. The van der Waals surface area contributed by atoms with Gasteiger partial charge >= 0.3 is 0 Å². The zero-order valence-electron chi connectivity index (χ0n) is 11.8. The number of rotatable bonds is 7. The number of nitrogens with zero attached hydrogens (tertiary/aromatic N) is 1. The highest BCUT2D eigenvalue weighted by molar-refractivity contribution is 7.98. The summed E-state index contributed by atoms with van der Waals surface area (Å²) in [6.07, 6.45) is 2.14. The van der Waals surface area contributed by atoms with Gasteiger partial charge in [-0.1, -0.05) is 6.07 Å². The van der Waals surface area contributed by atoms with Crippen molar-refractivity contribution in [2.45, 2.75) is 26.1 Å². The van der Waals surface area contributed by atoms with Gasteiger partial charge in [-0.25, -0.2) is 0 Å². The van der Waals surface area contributed by atoms with Gasteiger partial charge in [0.25, 0.3) is 0 Å². The monoisotopic (exact) mass is 268 g/mol. The van der Waals surface area contributed by atoms with Crippen molar-refractivity contribution in [3.05, 3.63) is 29.3 Å². The van der Waals surface area contributed by atoms with Crippen molar-refractivity contribution < 1.29 is 4.74 Å². The minimum absolute atomic E-state index is 0.547. The number of benzene rings is 1. The zero-order chi connectivity index (χ0) is 13.5. The Hall–Kier alpha value is -0.710. The first kappa shape index (κ1) is 15.3. The van der Waals surface area contributed by atoms with E-state index in [1.165, 1.54) is 5.56 Å². The van der Waals surface area contributed by atoms with Crippen LogP contribution in [-0.2, 0) is 13.1 Å². The van der Waals surface area contributed by atoms with E-state index in [0.717, 1.165) is 23.6 Å². The summed E-state index contributed by atoms with van der Waals surface area (Å²) in [6.45, 7) is 3.70. The molecule has 0 aliphatic heterocycles. The molecule has 102 valence electrons. The highest BCUT2D eigenvalue weighted by Gasteiger charge is 2.12. The summed E-state index contributed by atoms with van der Waals surface area (Å²) in [6, 6.07) is 6.71. The summed E-state index contributed by atoms with van der Waals surface area (Å²) in [5.41, 5.74) is 8.05. The van der Waals surface area contributed by atoms with Gasteiger partial charge in [-0.3, -0.25) is 4.90 Å². The largest absolute Gasteiger partial charge is 0.496 e. The summed E-state index contributed by atoms with van der Waals surface area (Å²) in [5.74, 6) is 2.07. The lowest BCUT2D eigenvalue weighted by Gasteiger charge is -2.25. The third kappa shape index (κ3) is 4.19. The van der Waals surface area contributed by atoms with Gasteiger partial charge in [0, 0.05) is 30.4 Å². The van der Waals surface area contributed by atoms with Gasteiger partial charge in [-0.15, -0.1) is 0 Å². The van der Waals surface area contributed by atoms with E-state index in [4.69, 9.17) is 10.5 Å². The molecule has 18 heavy (non-hydrogen) atoms. The smallest absolute Gasteiger partial charge is 0.123 e. The van der Waals surface area contributed by atoms with Crippen molar-refractivity contribution in [1.29, 1.82) is 0 Å². The maximum atomic E-state index is 5.69. The zero-order valence-corrected chi connectivity index (χ0v) is 12.6. The fourth-order valence-electron chi connectivity index (χ4n) is 1.88. The molecule has 0 saturated carbocycles. The average molecular weight is 268 g/mol. The SMILES string of the molecule is COc1ccc(CN)cc1CN(C)C(C)CSC. The summed E-state index contributed by atoms with van der Waals surface area (Å²) >= 11 is 1.87. The number of ether oxygens (including phenoxy) is 1. The first-order valence-corrected chi connectivity index (χ1v) is 7.56. The summed E-state index contributed by atoms with van der Waals surface area (Å²) in [5, 5.41) is 0. The van der Waals surface area contributed by atoms with Crippen LogP contribution in [0.4, 0.5) is 0 Å². The Balaban J connectivity index is 2.81. The van der Waals surface area contributed by atoms with E-state index in [9.17, 15) is 0 Å². The lowest BCUT2D eigenvalue weighted by Crippen LogP contribution is -2.30. The van der Waals surface area contributed by atoms with Crippen LogP contribution < -0.4 is 10.5 Å². The molecule has 1 aromatic rings. The number of methoxy groups -OCH3 is 1. The summed E-state index contributed by atoms with van der Waals surface area (Å²) in [4.78, 5) is 2.34. The first-order chi connectivity index (χ1) is 8.62. The second-order valence-electron chi connectivity index (χ2n) is 4.57. The molecule has 0 heterocycles. The fraction of sp³-hybridized carbons (Fsp3) is 0.571. The molecule has 3 nitrogen and oxygen atoms in total. The second-order valence-corrected chi connectivity index (χ2v) is 5.48. The van der Waals surface area contributed by atoms with Gasteiger partial charge in [-0.05, 0) is 37.9 Å². The Kier molecular flexibility index (Phi) is 6.54. The van der Waals surface area contributed by atoms with Gasteiger partial charge in [0.05, 0.1) is 7.11 Å². The van der Waals surface area contributed by atoms with Crippen LogP contribution in [0.25, 0.3) is 0 Å². The molecule has 0 aliphatic rings. The van der Waals surface area contributed by atoms with E-state index in [0.29, 0.717) is 12.6 Å². The number of thioether (sulfide) groups is 1. The highest BCUT2D eigenvalue weighted by Crippen LogP contribution is 2.22. The van der Waals surface area contributed by atoms with E-state index in [1.807, 2.05) is 23.9 Å². The molecule has 0 aromatic heterocycles. The van der Waals surface area contributed by atoms with Gasteiger partial charge in [0.15, 0.2) is 0 Å². The molecule has 0 radical (unpaired) electrons. The summed E-state index contributed by atoms with van der Waals surface area (Å²) in [7, 11) is 3.86. The average Bonchev–Trinajstić information content (AvgIpc) is 2.38. The molecule has 0 amide bonds. The van der Waals surface area contributed by atoms with Crippen LogP contribution in [0.15, 0.2) is 18.2 Å². The Morgan fingerprint density at radius 2 is 2.17 bits per heavy atom. The van der Waals surface area contributed by atoms with Gasteiger partial charge in [0.1, 0.15) is 5.75 Å². The Bertz CT molecular complexity index is 371. The Morgan fingerprint density at radius 3 is 2.72 bits per heavy atom. The van der Waals surface area contributed by atoms with Crippen LogP contribution in [0, 0.1) is 0 Å². The van der Waals surface area contributed by atoms with E-state index in [1.54, 1.807) is 7.11 Å². The molecule has 4 heteroatoms. The molecule has 0 aliphatic carbocycles. The van der Waals surface area contributed by atoms with E-state index in [2.05, 4.69) is 31.2 Å². The molecule has 1 rings (SSSR count). The van der Waals surface area contributed by atoms with Crippen LogP contribution in [0.2, 0.25) is 0 Å². The van der Waals surface area contributed by atoms with Crippen LogP contribution in [0.3, 0.4) is 0 Å². The predicted octanol–water partition coefficient (Wildman–Crippen LogP) is 2.34. The highest BCUT2D eigenvalue weighted by atomic mass is 32.2. The third-order valence-corrected chi connectivity index (χ3v) is 3.98. The molecule has 1 aromatic carbocycles. The van der Waals surface area contributed by atoms with Crippen LogP contribution >= 0.6 is 11.8 Å². The molecule has 1 atom stereocenters. The van der Waals surface area contributed by atoms with Crippen LogP contribution in [-0.4, -0.2) is 37.1 Å². The fourth-order valence-corrected chi connectivity index (χ4v) is 2.61. The lowest BCUT2D eigenvalue weighted by molar-refractivity contribution is 0.265. The minimum Gasteiger partial charge on any atom is -0.496 e. The van der Waals surface area contributed by atoms with Crippen molar-refractivity contribution >= 4 is 11.8 Å². The molecule has 2 N–H and O–H groups in total. The van der Waals surface area contributed by atoms with E-state index >= 15 is 0 Å². The Labute approximate surface area is 115 Å². The summed E-state index contributed by atoms with van der Waals surface area (Å²) < 4.78 is 5.41. The molecular weight excluding hydrogens is 244 g/mol. The quantitative estimate of drug-likeness (QED) is 0.824. The van der Waals surface area contributed by atoms with Crippen molar-refractivity contribution in [1.82, 2.24) is 4.90 Å². The number of hydrogen-bond acceptors (Lipinski definition) is 4. The van der Waals surface area contributed by atoms with Gasteiger partial charge in [-0.2, -0.15) is 11.8 Å². The second kappa shape index (κ2) is 7.67. The van der Waals surface area contributed by atoms with Crippen LogP contribution in [0.5, 0.6) is 5.75 Å². The molecule has 0 saturated heterocycles. The molecule has 0 spiro atoms. The molecule has 1 unspecified atom stereocenters. The van der Waals surface area contributed by atoms with Crippen molar-refractivity contribution in [2.24, 2.45) is 5.73 Å². The molecule has 0 bridgehead atoms. The number of nitrogens with two attached hydrogens (primary N) is 1. The van der Waals surface area contributed by atoms with Crippen molar-refractivity contribution in [3.63, 3.8) is 0 Å². The maximum absolute atomic E-state index is 5.69. The Morgan fingerprint density at radius 1 is 1.44 bits per heavy atom.